The number of ether oxygens (including phenoxy) is 1. The van der Waals surface area contributed by atoms with Gasteiger partial charge in [0.15, 0.2) is 0 Å². The van der Waals surface area contributed by atoms with Crippen LogP contribution in [0.25, 0.3) is 0 Å². The Labute approximate surface area is 150 Å². The summed E-state index contributed by atoms with van der Waals surface area (Å²) in [4.78, 5) is 26.4. The van der Waals surface area contributed by atoms with Gasteiger partial charge < -0.3 is 10.1 Å². The molecule has 1 saturated heterocycles. The summed E-state index contributed by atoms with van der Waals surface area (Å²) < 4.78 is 5.15. The summed E-state index contributed by atoms with van der Waals surface area (Å²) in [5, 5.41) is 2.93. The number of esters is 1. The maximum absolute atomic E-state index is 12.4. The number of hydrogen-bond acceptors (Lipinski definition) is 4. The lowest BCUT2D eigenvalue weighted by molar-refractivity contribution is -0.151. The molecule has 0 radical (unpaired) electrons. The van der Waals surface area contributed by atoms with Gasteiger partial charge in [0.25, 0.3) is 0 Å². The Balaban J connectivity index is 1.92. The quantitative estimate of drug-likeness (QED) is 0.767. The van der Waals surface area contributed by atoms with Gasteiger partial charge in [0.1, 0.15) is 6.04 Å². The molecule has 2 unspecified atom stereocenters. The number of benzene rings is 1. The van der Waals surface area contributed by atoms with Crippen LogP contribution in [0.15, 0.2) is 24.3 Å². The molecule has 1 aromatic rings. The fourth-order valence-electron chi connectivity index (χ4n) is 3.20. The number of hydrogen-bond donors (Lipinski definition) is 1. The Morgan fingerprint density at radius 1 is 1.24 bits per heavy atom. The fourth-order valence-corrected chi connectivity index (χ4v) is 3.20. The highest BCUT2D eigenvalue weighted by Gasteiger charge is 2.30. The third-order valence-electron chi connectivity index (χ3n) is 4.89. The van der Waals surface area contributed by atoms with Crippen molar-refractivity contribution in [2.75, 3.05) is 25.0 Å². The number of amides is 1. The zero-order valence-corrected chi connectivity index (χ0v) is 15.6. The number of carbonyl (C=O) groups excluding carboxylic acids is 2. The molecule has 1 fully saturated rings. The van der Waals surface area contributed by atoms with Gasteiger partial charge >= 0.3 is 5.97 Å². The minimum absolute atomic E-state index is 0.0903. The van der Waals surface area contributed by atoms with Crippen LogP contribution in [0.5, 0.6) is 0 Å². The van der Waals surface area contributed by atoms with E-state index >= 15 is 0 Å². The molecule has 0 spiro atoms. The summed E-state index contributed by atoms with van der Waals surface area (Å²) in [5.74, 6) is 0.212. The standard InChI is InChI=1S/C20H30N2O3/c1-4-15(3)16-9-11-17(12-10-16)21-19(23)14-22-13-7-6-8-18(22)20(24)25-5-2/h9-12,15,18H,4-8,13-14H2,1-3H3,(H,21,23). The number of piperidine rings is 1. The Morgan fingerprint density at radius 2 is 1.96 bits per heavy atom. The number of rotatable bonds is 7. The molecule has 0 aliphatic carbocycles. The van der Waals surface area contributed by atoms with E-state index in [1.807, 2.05) is 17.0 Å². The monoisotopic (exact) mass is 346 g/mol. The third kappa shape index (κ3) is 5.56. The van der Waals surface area contributed by atoms with Crippen molar-refractivity contribution in [3.05, 3.63) is 29.8 Å². The van der Waals surface area contributed by atoms with E-state index in [-0.39, 0.29) is 24.5 Å². The third-order valence-corrected chi connectivity index (χ3v) is 4.89. The van der Waals surface area contributed by atoms with Gasteiger partial charge in [-0.3, -0.25) is 14.5 Å². The lowest BCUT2D eigenvalue weighted by Gasteiger charge is -2.33. The summed E-state index contributed by atoms with van der Waals surface area (Å²) in [6.45, 7) is 7.51. The number of likely N-dealkylation sites (tertiary alicyclic amines) is 1. The second-order valence-electron chi connectivity index (χ2n) is 6.71. The second kappa shape index (κ2) is 9.56. The first-order chi connectivity index (χ1) is 12.0. The van der Waals surface area contributed by atoms with Gasteiger partial charge in [0.05, 0.1) is 13.2 Å². The average molecular weight is 346 g/mol. The van der Waals surface area contributed by atoms with Gasteiger partial charge in [-0.25, -0.2) is 0 Å². The Kier molecular flexibility index (Phi) is 7.44. The molecule has 25 heavy (non-hydrogen) atoms. The van der Waals surface area contributed by atoms with E-state index in [1.165, 1.54) is 5.56 Å². The molecule has 0 saturated carbocycles. The van der Waals surface area contributed by atoms with E-state index in [4.69, 9.17) is 4.74 Å². The molecule has 5 heteroatoms. The van der Waals surface area contributed by atoms with Gasteiger partial charge in [0.2, 0.25) is 5.91 Å². The first kappa shape index (κ1) is 19.4. The average Bonchev–Trinajstić information content (AvgIpc) is 2.62. The molecule has 1 amide bonds. The first-order valence-corrected chi connectivity index (χ1v) is 9.35. The van der Waals surface area contributed by atoms with Crippen LogP contribution in [0.4, 0.5) is 5.69 Å². The van der Waals surface area contributed by atoms with Crippen molar-refractivity contribution < 1.29 is 14.3 Å². The zero-order chi connectivity index (χ0) is 18.2. The lowest BCUT2D eigenvalue weighted by Crippen LogP contribution is -2.48. The highest BCUT2D eigenvalue weighted by atomic mass is 16.5. The molecule has 2 atom stereocenters. The highest BCUT2D eigenvalue weighted by molar-refractivity contribution is 5.92. The number of nitrogens with one attached hydrogen (secondary N) is 1. The molecule has 1 heterocycles. The number of nitrogens with zero attached hydrogens (tertiary/aromatic N) is 1. The molecule has 1 aliphatic heterocycles. The number of carbonyl (C=O) groups is 2. The summed E-state index contributed by atoms with van der Waals surface area (Å²) in [6, 6.07) is 7.71. The predicted molar refractivity (Wildman–Crippen MR) is 99.6 cm³/mol. The minimum atomic E-state index is -0.299. The largest absolute Gasteiger partial charge is 0.465 e. The van der Waals surface area contributed by atoms with Crippen molar-refractivity contribution in [2.45, 2.75) is 58.4 Å². The van der Waals surface area contributed by atoms with Crippen LogP contribution in [0.2, 0.25) is 0 Å². The lowest BCUT2D eigenvalue weighted by atomic mass is 9.98. The first-order valence-electron chi connectivity index (χ1n) is 9.35. The van der Waals surface area contributed by atoms with Crippen molar-refractivity contribution >= 4 is 17.6 Å². The highest BCUT2D eigenvalue weighted by Crippen LogP contribution is 2.21. The van der Waals surface area contributed by atoms with E-state index in [0.717, 1.165) is 37.9 Å². The van der Waals surface area contributed by atoms with Crippen LogP contribution in [0.3, 0.4) is 0 Å². The van der Waals surface area contributed by atoms with E-state index in [2.05, 4.69) is 31.3 Å². The van der Waals surface area contributed by atoms with E-state index in [0.29, 0.717) is 12.5 Å². The maximum atomic E-state index is 12.4. The van der Waals surface area contributed by atoms with Crippen molar-refractivity contribution in [1.82, 2.24) is 4.90 Å². The SMILES string of the molecule is CCOC(=O)C1CCCCN1CC(=O)Nc1ccc(C(C)CC)cc1. The summed E-state index contributed by atoms with van der Waals surface area (Å²) in [7, 11) is 0. The molecule has 5 nitrogen and oxygen atoms in total. The van der Waals surface area contributed by atoms with Crippen LogP contribution in [0, 0.1) is 0 Å². The Hall–Kier alpha value is -1.88. The van der Waals surface area contributed by atoms with Crippen molar-refractivity contribution in [3.8, 4) is 0 Å². The normalized spacial score (nSPS) is 19.2. The van der Waals surface area contributed by atoms with E-state index in [1.54, 1.807) is 6.92 Å². The Bertz CT molecular complexity index is 571. The van der Waals surface area contributed by atoms with Crippen LogP contribution >= 0.6 is 0 Å². The molecule has 138 valence electrons. The maximum Gasteiger partial charge on any atom is 0.323 e. The van der Waals surface area contributed by atoms with Crippen LogP contribution in [-0.4, -0.2) is 42.5 Å². The van der Waals surface area contributed by atoms with E-state index < -0.39 is 0 Å². The molecule has 1 aromatic carbocycles. The molecule has 1 N–H and O–H groups in total. The van der Waals surface area contributed by atoms with Gasteiger partial charge in [0, 0.05) is 5.69 Å². The van der Waals surface area contributed by atoms with Crippen LogP contribution in [-0.2, 0) is 14.3 Å². The fraction of sp³-hybridized carbons (Fsp3) is 0.600. The smallest absolute Gasteiger partial charge is 0.323 e. The molecule has 1 aliphatic rings. The van der Waals surface area contributed by atoms with Gasteiger partial charge in [-0.2, -0.15) is 0 Å². The molecular weight excluding hydrogens is 316 g/mol. The van der Waals surface area contributed by atoms with Crippen molar-refractivity contribution in [2.24, 2.45) is 0 Å². The van der Waals surface area contributed by atoms with Crippen LogP contribution in [0.1, 0.15) is 57.9 Å². The molecule has 0 aromatic heterocycles. The predicted octanol–water partition coefficient (Wildman–Crippen LogP) is 3.56. The summed E-state index contributed by atoms with van der Waals surface area (Å²) in [5.41, 5.74) is 2.07. The van der Waals surface area contributed by atoms with Crippen molar-refractivity contribution in [3.63, 3.8) is 0 Å². The van der Waals surface area contributed by atoms with Crippen LogP contribution < -0.4 is 5.32 Å². The topological polar surface area (TPSA) is 58.6 Å². The van der Waals surface area contributed by atoms with Crippen molar-refractivity contribution in [1.29, 1.82) is 0 Å². The minimum Gasteiger partial charge on any atom is -0.465 e. The molecule has 2 rings (SSSR count). The second-order valence-corrected chi connectivity index (χ2v) is 6.71. The summed E-state index contributed by atoms with van der Waals surface area (Å²) >= 11 is 0. The molecule has 0 bridgehead atoms. The molecular formula is C20H30N2O3. The summed E-state index contributed by atoms with van der Waals surface area (Å²) in [6.07, 6.45) is 3.86. The zero-order valence-electron chi connectivity index (χ0n) is 15.6. The van der Waals surface area contributed by atoms with Gasteiger partial charge in [-0.05, 0) is 56.3 Å². The van der Waals surface area contributed by atoms with Gasteiger partial charge in [-0.1, -0.05) is 32.4 Å². The number of anilines is 1. The Morgan fingerprint density at radius 3 is 2.60 bits per heavy atom. The van der Waals surface area contributed by atoms with Gasteiger partial charge in [-0.15, -0.1) is 0 Å². The van der Waals surface area contributed by atoms with E-state index in [9.17, 15) is 9.59 Å².